The first-order valence-corrected chi connectivity index (χ1v) is 20.2. The third-order valence-corrected chi connectivity index (χ3v) is 11.0. The van der Waals surface area contributed by atoms with Gasteiger partial charge in [0.25, 0.3) is 0 Å². The summed E-state index contributed by atoms with van der Waals surface area (Å²) in [5.74, 6) is -0.979. The van der Waals surface area contributed by atoms with E-state index in [9.17, 15) is 19.2 Å². The molecule has 3 aliphatic rings. The summed E-state index contributed by atoms with van der Waals surface area (Å²) in [6, 6.07) is 0. The standard InChI is InChI=1S/C42H68O10/c1-6-38(43)49-28-14-10-8-12-26-47-33-20-16-31(17-21-33)40(45)51-35-24-25-37(36(30-35)42(3,4)5)52-41(46)32-18-22-34(23-19-32)48-27-13-9-11-15-29-50-39(44)7-2/h6-7,31-37H,1-2,8-30H2,3-5H3. The fraction of sp³-hybridized carbons (Fsp3) is 0.810. The zero-order valence-electron chi connectivity index (χ0n) is 32.5. The van der Waals surface area contributed by atoms with Gasteiger partial charge >= 0.3 is 23.9 Å². The van der Waals surface area contributed by atoms with Crippen LogP contribution in [-0.2, 0) is 47.6 Å². The van der Waals surface area contributed by atoms with Gasteiger partial charge in [0.1, 0.15) is 12.2 Å². The second-order valence-electron chi connectivity index (χ2n) is 16.1. The number of unbranched alkanes of at least 4 members (excludes halogenated alkanes) is 6. The molecule has 296 valence electrons. The maximum Gasteiger partial charge on any atom is 0.330 e. The Kier molecular flexibility index (Phi) is 20.0. The molecule has 3 saturated carbocycles. The molecule has 10 heteroatoms. The molecule has 0 amide bonds. The van der Waals surface area contributed by atoms with E-state index in [0.717, 1.165) is 103 Å². The maximum atomic E-state index is 13.3. The lowest BCUT2D eigenvalue weighted by atomic mass is 9.69. The van der Waals surface area contributed by atoms with E-state index in [2.05, 4.69) is 33.9 Å². The lowest BCUT2D eigenvalue weighted by Gasteiger charge is -2.43. The number of hydrogen-bond acceptors (Lipinski definition) is 10. The van der Waals surface area contributed by atoms with Gasteiger partial charge in [-0.3, -0.25) is 9.59 Å². The summed E-state index contributed by atoms with van der Waals surface area (Å²) < 4.78 is 34.6. The van der Waals surface area contributed by atoms with Crippen molar-refractivity contribution < 1.29 is 47.6 Å². The van der Waals surface area contributed by atoms with Gasteiger partial charge in [-0.15, -0.1) is 0 Å². The number of hydrogen-bond donors (Lipinski definition) is 0. The van der Waals surface area contributed by atoms with E-state index in [0.29, 0.717) is 45.7 Å². The van der Waals surface area contributed by atoms with Gasteiger partial charge in [-0.1, -0.05) is 46.8 Å². The van der Waals surface area contributed by atoms with Crippen LogP contribution in [0.25, 0.3) is 0 Å². The van der Waals surface area contributed by atoms with Crippen molar-refractivity contribution in [1.82, 2.24) is 0 Å². The van der Waals surface area contributed by atoms with Crippen LogP contribution in [0.3, 0.4) is 0 Å². The highest BCUT2D eigenvalue weighted by atomic mass is 16.6. The molecule has 0 spiro atoms. The first-order valence-electron chi connectivity index (χ1n) is 20.2. The van der Waals surface area contributed by atoms with Crippen LogP contribution in [0.5, 0.6) is 0 Å². The first-order chi connectivity index (χ1) is 25.0. The van der Waals surface area contributed by atoms with Crippen LogP contribution in [0.15, 0.2) is 25.3 Å². The van der Waals surface area contributed by atoms with Crippen LogP contribution in [0.2, 0.25) is 0 Å². The predicted octanol–water partition coefficient (Wildman–Crippen LogP) is 8.39. The van der Waals surface area contributed by atoms with Gasteiger partial charge in [0, 0.05) is 31.3 Å². The van der Waals surface area contributed by atoms with Gasteiger partial charge < -0.3 is 28.4 Å². The van der Waals surface area contributed by atoms with Gasteiger partial charge in [0.05, 0.1) is 37.3 Å². The largest absolute Gasteiger partial charge is 0.463 e. The van der Waals surface area contributed by atoms with E-state index >= 15 is 0 Å². The monoisotopic (exact) mass is 732 g/mol. The minimum Gasteiger partial charge on any atom is -0.463 e. The topological polar surface area (TPSA) is 124 Å². The molecule has 0 N–H and O–H groups in total. The highest BCUT2D eigenvalue weighted by Crippen LogP contribution is 2.42. The van der Waals surface area contributed by atoms with E-state index < -0.39 is 0 Å². The molecule has 0 bridgehead atoms. The third-order valence-electron chi connectivity index (χ3n) is 11.0. The summed E-state index contributed by atoms with van der Waals surface area (Å²) in [5.41, 5.74) is -0.0920. The Labute approximate surface area is 313 Å². The Balaban J connectivity index is 1.28. The quantitative estimate of drug-likeness (QED) is 0.0464. The molecular weight excluding hydrogens is 664 g/mol. The number of rotatable bonds is 22. The number of esters is 4. The van der Waals surface area contributed by atoms with Crippen molar-refractivity contribution in [3.63, 3.8) is 0 Å². The van der Waals surface area contributed by atoms with E-state index in [-0.39, 0.29) is 71.5 Å². The first kappa shape index (κ1) is 43.7. The molecule has 3 unspecified atom stereocenters. The molecule has 0 aliphatic heterocycles. The Morgan fingerprint density at radius 1 is 0.538 bits per heavy atom. The average molecular weight is 733 g/mol. The van der Waals surface area contributed by atoms with Crippen molar-refractivity contribution in [2.24, 2.45) is 23.2 Å². The maximum absolute atomic E-state index is 13.3. The zero-order chi connectivity index (χ0) is 37.8. The Morgan fingerprint density at radius 2 is 0.942 bits per heavy atom. The van der Waals surface area contributed by atoms with Crippen molar-refractivity contribution in [2.75, 3.05) is 26.4 Å². The van der Waals surface area contributed by atoms with Gasteiger partial charge in [0.2, 0.25) is 0 Å². The van der Waals surface area contributed by atoms with Crippen LogP contribution in [0, 0.1) is 23.2 Å². The summed E-state index contributed by atoms with van der Waals surface area (Å²) >= 11 is 0. The number of ether oxygens (including phenoxy) is 6. The predicted molar refractivity (Wildman–Crippen MR) is 199 cm³/mol. The minimum atomic E-state index is -0.373. The van der Waals surface area contributed by atoms with Crippen molar-refractivity contribution in [3.8, 4) is 0 Å². The molecule has 52 heavy (non-hydrogen) atoms. The van der Waals surface area contributed by atoms with Crippen molar-refractivity contribution in [1.29, 1.82) is 0 Å². The molecule has 10 nitrogen and oxygen atoms in total. The van der Waals surface area contributed by atoms with Crippen LogP contribution >= 0.6 is 0 Å². The molecule has 3 fully saturated rings. The number of carbonyl (C=O) groups excluding carboxylic acids is 4. The second-order valence-corrected chi connectivity index (χ2v) is 16.1. The van der Waals surface area contributed by atoms with Gasteiger partial charge in [-0.2, -0.15) is 0 Å². The van der Waals surface area contributed by atoms with E-state index in [1.54, 1.807) is 0 Å². The summed E-state index contributed by atoms with van der Waals surface area (Å²) in [5, 5.41) is 0. The van der Waals surface area contributed by atoms with Crippen LogP contribution < -0.4 is 0 Å². The fourth-order valence-corrected chi connectivity index (χ4v) is 7.78. The Hall–Kier alpha value is -2.72. The highest BCUT2D eigenvalue weighted by Gasteiger charge is 2.43. The average Bonchev–Trinajstić information content (AvgIpc) is 3.14. The van der Waals surface area contributed by atoms with E-state index in [1.807, 2.05) is 0 Å². The van der Waals surface area contributed by atoms with E-state index in [4.69, 9.17) is 28.4 Å². The van der Waals surface area contributed by atoms with Crippen LogP contribution in [0.4, 0.5) is 0 Å². The van der Waals surface area contributed by atoms with Crippen LogP contribution in [0.1, 0.15) is 143 Å². The summed E-state index contributed by atoms with van der Waals surface area (Å²) in [4.78, 5) is 48.7. The molecular formula is C42H68O10. The summed E-state index contributed by atoms with van der Waals surface area (Å²) in [6.07, 6.45) is 18.9. The van der Waals surface area contributed by atoms with Crippen molar-refractivity contribution in [2.45, 2.75) is 167 Å². The second kappa shape index (κ2) is 23.8. The molecule has 0 aromatic heterocycles. The molecule has 0 aromatic carbocycles. The third kappa shape index (κ3) is 16.5. The molecule has 0 aromatic rings. The van der Waals surface area contributed by atoms with Crippen LogP contribution in [-0.4, -0.2) is 74.7 Å². The SMILES string of the molecule is C=CC(=O)OCCCCCCOC1CCC(C(=O)OC2CCC(OC(=O)C3CCC(OCCCCCCOC(=O)C=C)CC3)C(C(C)(C)C)C2)CC1. The zero-order valence-corrected chi connectivity index (χ0v) is 32.5. The molecule has 0 radical (unpaired) electrons. The molecule has 3 atom stereocenters. The normalized spacial score (nSPS) is 26.5. The van der Waals surface area contributed by atoms with Gasteiger partial charge in [-0.25, -0.2) is 9.59 Å². The number of carbonyl (C=O) groups is 4. The fourth-order valence-electron chi connectivity index (χ4n) is 7.78. The lowest BCUT2D eigenvalue weighted by molar-refractivity contribution is -0.174. The van der Waals surface area contributed by atoms with E-state index in [1.165, 1.54) is 12.2 Å². The Morgan fingerprint density at radius 3 is 1.37 bits per heavy atom. The summed E-state index contributed by atoms with van der Waals surface area (Å²) in [7, 11) is 0. The lowest BCUT2D eigenvalue weighted by Crippen LogP contribution is -2.44. The molecule has 3 aliphatic carbocycles. The smallest absolute Gasteiger partial charge is 0.330 e. The molecule has 3 rings (SSSR count). The van der Waals surface area contributed by atoms with Crippen molar-refractivity contribution >= 4 is 23.9 Å². The van der Waals surface area contributed by atoms with Gasteiger partial charge in [0.15, 0.2) is 0 Å². The van der Waals surface area contributed by atoms with Crippen molar-refractivity contribution in [3.05, 3.63) is 25.3 Å². The Bertz CT molecular complexity index is 1100. The van der Waals surface area contributed by atoms with Gasteiger partial charge in [-0.05, 0) is 115 Å². The summed E-state index contributed by atoms with van der Waals surface area (Å²) in [6.45, 7) is 15.6. The minimum absolute atomic E-state index is 0.0820. The molecule has 0 heterocycles. The highest BCUT2D eigenvalue weighted by molar-refractivity contribution is 5.81. The molecule has 0 saturated heterocycles.